The number of carbonyl (C=O) groups is 3. The number of ether oxygens (including phenoxy) is 2. The van der Waals surface area contributed by atoms with Crippen LogP contribution in [0.25, 0.3) is 0 Å². The molecule has 1 aromatic heterocycles. The molecule has 38 heavy (non-hydrogen) atoms. The van der Waals surface area contributed by atoms with Crippen molar-refractivity contribution in [2.45, 2.75) is 62.9 Å². The van der Waals surface area contributed by atoms with E-state index in [1.165, 1.54) is 6.42 Å². The molecule has 3 fully saturated rings. The predicted octanol–water partition coefficient (Wildman–Crippen LogP) is 3.74. The van der Waals surface area contributed by atoms with Crippen molar-refractivity contribution in [3.8, 4) is 5.75 Å². The maximum atomic E-state index is 14.1. The summed E-state index contributed by atoms with van der Waals surface area (Å²) in [6, 6.07) is 10.2. The van der Waals surface area contributed by atoms with Crippen LogP contribution < -0.4 is 15.4 Å². The van der Waals surface area contributed by atoms with Gasteiger partial charge in [0.25, 0.3) is 0 Å². The van der Waals surface area contributed by atoms with Gasteiger partial charge in [-0.1, -0.05) is 44.1 Å². The molecule has 0 unspecified atom stereocenters. The number of likely N-dealkylation sites (tertiary alicyclic amines) is 1. The van der Waals surface area contributed by atoms with Crippen molar-refractivity contribution in [2.75, 3.05) is 12.4 Å². The molecule has 1 spiro atoms. The van der Waals surface area contributed by atoms with Crippen molar-refractivity contribution in [3.05, 3.63) is 58.8 Å². The molecule has 3 amide bonds. The molecule has 3 aliphatic heterocycles. The lowest BCUT2D eigenvalue weighted by molar-refractivity contribution is -0.142. The zero-order valence-electron chi connectivity index (χ0n) is 21.6. The van der Waals surface area contributed by atoms with Gasteiger partial charge in [-0.15, -0.1) is 11.3 Å². The zero-order valence-corrected chi connectivity index (χ0v) is 22.4. The number of amides is 3. The summed E-state index contributed by atoms with van der Waals surface area (Å²) >= 11 is 1.54. The minimum atomic E-state index is -1.17. The number of nitrogens with one attached hydrogen (secondary N) is 2. The monoisotopic (exact) mass is 535 g/mol. The highest BCUT2D eigenvalue weighted by Gasteiger charge is 2.72. The summed E-state index contributed by atoms with van der Waals surface area (Å²) < 4.78 is 11.7. The van der Waals surface area contributed by atoms with Gasteiger partial charge in [-0.05, 0) is 42.3 Å². The quantitative estimate of drug-likeness (QED) is 0.527. The van der Waals surface area contributed by atoms with E-state index in [0.717, 1.165) is 24.1 Å². The minimum Gasteiger partial charge on any atom is -0.497 e. The molecule has 1 aliphatic carbocycles. The molecular weight excluding hydrogens is 502 g/mol. The molecule has 2 aromatic rings. The average molecular weight is 536 g/mol. The van der Waals surface area contributed by atoms with Gasteiger partial charge < -0.3 is 25.0 Å². The summed E-state index contributed by atoms with van der Waals surface area (Å²) in [5, 5.41) is 8.18. The topological polar surface area (TPSA) is 97.0 Å². The van der Waals surface area contributed by atoms with Crippen molar-refractivity contribution < 1.29 is 23.9 Å². The van der Waals surface area contributed by atoms with Gasteiger partial charge in [-0.25, -0.2) is 0 Å². The van der Waals surface area contributed by atoms with E-state index in [2.05, 4.69) is 17.6 Å². The number of anilines is 1. The van der Waals surface area contributed by atoms with Crippen LogP contribution >= 0.6 is 11.3 Å². The van der Waals surface area contributed by atoms with Crippen molar-refractivity contribution in [3.63, 3.8) is 0 Å². The molecule has 7 atom stereocenters. The molecule has 4 heterocycles. The van der Waals surface area contributed by atoms with Crippen molar-refractivity contribution in [1.29, 1.82) is 0 Å². The highest BCUT2D eigenvalue weighted by Crippen LogP contribution is 2.55. The Hall–Kier alpha value is -3.17. The Morgan fingerprint density at radius 1 is 1.18 bits per heavy atom. The second kappa shape index (κ2) is 9.85. The maximum Gasteiger partial charge on any atom is 0.246 e. The van der Waals surface area contributed by atoms with E-state index in [4.69, 9.17) is 9.47 Å². The Bertz CT molecular complexity index is 1260. The van der Waals surface area contributed by atoms with Crippen molar-refractivity contribution in [2.24, 2.45) is 17.8 Å². The summed E-state index contributed by atoms with van der Waals surface area (Å²) in [5.74, 6) is -1.23. The standard InChI is InChI=1S/C29H33N3O5S/c1-17-7-3-4-11-21(17)31-27(34)25-29-13-12-22(37-29)23(26(33)30-18-8-5-9-19(15-18)36-2)24(29)28(35)32(25)16-20-10-6-14-38-20/h5-6,8-10,12-15,17,21-25H,3-4,7,11,16H2,1-2H3,(H,30,33)(H,31,34)/t17-,21+,22-,23+,24-,25-,29-/m1/s1. The third kappa shape index (κ3) is 4.12. The first-order valence-corrected chi connectivity index (χ1v) is 14.2. The number of thiophene rings is 1. The molecule has 4 aliphatic rings. The summed E-state index contributed by atoms with van der Waals surface area (Å²) in [7, 11) is 1.57. The minimum absolute atomic E-state index is 0.0696. The third-order valence-electron chi connectivity index (χ3n) is 8.61. The van der Waals surface area contributed by atoms with Gasteiger partial charge in [0.1, 0.15) is 17.4 Å². The van der Waals surface area contributed by atoms with Crippen LogP contribution in [0.15, 0.2) is 53.9 Å². The lowest BCUT2D eigenvalue weighted by Gasteiger charge is -2.35. The maximum absolute atomic E-state index is 14.1. The molecule has 1 saturated carbocycles. The molecule has 1 aromatic carbocycles. The Morgan fingerprint density at radius 2 is 2.03 bits per heavy atom. The Morgan fingerprint density at radius 3 is 2.79 bits per heavy atom. The number of methoxy groups -OCH3 is 1. The lowest BCUT2D eigenvalue weighted by Crippen LogP contribution is -2.57. The molecule has 200 valence electrons. The van der Waals surface area contributed by atoms with Gasteiger partial charge in [0.2, 0.25) is 17.7 Å². The number of carbonyl (C=O) groups excluding carboxylic acids is 3. The van der Waals surface area contributed by atoms with Gasteiger partial charge in [-0.2, -0.15) is 0 Å². The summed E-state index contributed by atoms with van der Waals surface area (Å²) in [4.78, 5) is 44.3. The largest absolute Gasteiger partial charge is 0.497 e. The van der Waals surface area contributed by atoms with Gasteiger partial charge in [0.15, 0.2) is 0 Å². The van der Waals surface area contributed by atoms with E-state index in [1.54, 1.807) is 47.6 Å². The highest BCUT2D eigenvalue weighted by molar-refractivity contribution is 7.09. The van der Waals surface area contributed by atoms with Crippen LogP contribution in [0.3, 0.4) is 0 Å². The summed E-state index contributed by atoms with van der Waals surface area (Å²) in [6.45, 7) is 2.48. The Balaban J connectivity index is 1.31. The van der Waals surface area contributed by atoms with Gasteiger partial charge in [0.05, 0.1) is 31.6 Å². The fourth-order valence-corrected chi connectivity index (χ4v) is 7.43. The Labute approximate surface area is 226 Å². The second-order valence-electron chi connectivity index (χ2n) is 10.8. The molecule has 9 heteroatoms. The fraction of sp³-hybridized carbons (Fsp3) is 0.483. The Kier molecular flexibility index (Phi) is 6.52. The predicted molar refractivity (Wildman–Crippen MR) is 144 cm³/mol. The number of hydrogen-bond donors (Lipinski definition) is 2. The van der Waals surface area contributed by atoms with E-state index >= 15 is 0 Å². The van der Waals surface area contributed by atoms with Gasteiger partial charge in [-0.3, -0.25) is 14.4 Å². The highest BCUT2D eigenvalue weighted by atomic mass is 32.1. The van der Waals surface area contributed by atoms with Crippen molar-refractivity contribution >= 4 is 34.7 Å². The molecule has 6 rings (SSSR count). The van der Waals surface area contributed by atoms with E-state index < -0.39 is 29.6 Å². The van der Waals surface area contributed by atoms with Gasteiger partial charge >= 0.3 is 0 Å². The van der Waals surface area contributed by atoms with E-state index in [-0.39, 0.29) is 23.8 Å². The zero-order chi connectivity index (χ0) is 26.4. The first-order chi connectivity index (χ1) is 18.4. The molecule has 2 N–H and O–H groups in total. The van der Waals surface area contributed by atoms with Crippen molar-refractivity contribution in [1.82, 2.24) is 10.2 Å². The first kappa shape index (κ1) is 25.1. The number of hydrogen-bond acceptors (Lipinski definition) is 6. The summed E-state index contributed by atoms with van der Waals surface area (Å²) in [6.07, 6.45) is 7.39. The van der Waals surface area contributed by atoms with Gasteiger partial charge in [0, 0.05) is 22.7 Å². The van der Waals surface area contributed by atoms with E-state index in [9.17, 15) is 14.4 Å². The second-order valence-corrected chi connectivity index (χ2v) is 11.9. The molecule has 2 bridgehead atoms. The first-order valence-electron chi connectivity index (χ1n) is 13.4. The van der Waals surface area contributed by atoms with Crippen LogP contribution in [0.1, 0.15) is 37.5 Å². The SMILES string of the molecule is COc1cccc(NC(=O)[C@H]2[C@H]3C=C[C@@]4(O3)[C@H]2C(=O)N(Cc2cccs2)[C@@H]4C(=O)N[C@H]2CCCC[C@H]2C)c1. The van der Waals surface area contributed by atoms with Crippen LogP contribution in [-0.4, -0.2) is 53.5 Å². The van der Waals surface area contributed by atoms with Crippen LogP contribution in [0, 0.1) is 17.8 Å². The fourth-order valence-electron chi connectivity index (χ4n) is 6.73. The smallest absolute Gasteiger partial charge is 0.246 e. The molecular formula is C29H33N3O5S. The van der Waals surface area contributed by atoms with Crippen LogP contribution in [0.4, 0.5) is 5.69 Å². The molecule has 8 nitrogen and oxygen atoms in total. The molecule has 2 saturated heterocycles. The number of fused-ring (bicyclic) bond motifs is 1. The normalized spacial score (nSPS) is 33.3. The third-order valence-corrected chi connectivity index (χ3v) is 9.47. The van der Waals surface area contributed by atoms with Crippen LogP contribution in [0.5, 0.6) is 5.75 Å². The number of nitrogens with zero attached hydrogens (tertiary/aromatic N) is 1. The van der Waals surface area contributed by atoms with Crippen LogP contribution in [-0.2, 0) is 25.7 Å². The van der Waals surface area contributed by atoms with E-state index in [1.807, 2.05) is 29.7 Å². The van der Waals surface area contributed by atoms with Crippen LogP contribution in [0.2, 0.25) is 0 Å². The average Bonchev–Trinajstić information content (AvgIpc) is 3.69. The summed E-state index contributed by atoms with van der Waals surface area (Å²) in [5.41, 5.74) is -0.589. The lowest BCUT2D eigenvalue weighted by atomic mass is 9.74. The number of rotatable bonds is 7. The number of benzene rings is 1. The molecule has 0 radical (unpaired) electrons. The van der Waals surface area contributed by atoms with E-state index in [0.29, 0.717) is 23.9 Å².